The summed E-state index contributed by atoms with van der Waals surface area (Å²) in [6.07, 6.45) is 1.50. The molecule has 0 bridgehead atoms. The normalized spacial score (nSPS) is 11.3. The number of aryl methyl sites for hydroxylation is 1. The average Bonchev–Trinajstić information content (AvgIpc) is 3.02. The van der Waals surface area contributed by atoms with Crippen LogP contribution in [0.2, 0.25) is 0 Å². The highest BCUT2D eigenvalue weighted by Crippen LogP contribution is 2.09. The van der Waals surface area contributed by atoms with Crippen molar-refractivity contribution in [1.82, 2.24) is 30.1 Å². The van der Waals surface area contributed by atoms with Gasteiger partial charge in [0.05, 0.1) is 12.7 Å². The molecule has 3 rings (SSSR count). The maximum atomic E-state index is 12.2. The lowest BCUT2D eigenvalue weighted by Crippen LogP contribution is -2.24. The molecule has 104 valence electrons. The molecule has 0 saturated carbocycles. The summed E-state index contributed by atoms with van der Waals surface area (Å²) in [7, 11) is 3.56. The molecule has 0 fully saturated rings. The van der Waals surface area contributed by atoms with Gasteiger partial charge >= 0.3 is 0 Å². The molecule has 3 heterocycles. The Kier molecular flexibility index (Phi) is 3.07. The maximum absolute atomic E-state index is 12.2. The minimum Gasteiger partial charge on any atom is -0.463 e. The lowest BCUT2D eigenvalue weighted by molar-refractivity contribution is 0.427. The summed E-state index contributed by atoms with van der Waals surface area (Å²) >= 11 is 0. The third-order valence-corrected chi connectivity index (χ3v) is 2.99. The Morgan fingerprint density at radius 2 is 2.15 bits per heavy atom. The van der Waals surface area contributed by atoms with Gasteiger partial charge in [-0.1, -0.05) is 5.21 Å². The molecule has 0 aliphatic heterocycles. The molecule has 0 aliphatic carbocycles. The van der Waals surface area contributed by atoms with Gasteiger partial charge in [0.15, 0.2) is 5.65 Å². The highest BCUT2D eigenvalue weighted by molar-refractivity contribution is 5.72. The Morgan fingerprint density at radius 3 is 2.95 bits per heavy atom. The van der Waals surface area contributed by atoms with Crippen molar-refractivity contribution in [2.45, 2.75) is 13.1 Å². The number of fused-ring (bicyclic) bond motifs is 1. The summed E-state index contributed by atoms with van der Waals surface area (Å²) in [4.78, 5) is 12.2. The number of rotatable bonds is 4. The first-order valence-electron chi connectivity index (χ1n) is 6.16. The number of nitrogens with zero attached hydrogens (tertiary/aromatic N) is 5. The molecular formula is C12H14N6O2. The molecule has 0 atom stereocenters. The van der Waals surface area contributed by atoms with Gasteiger partial charge in [0, 0.05) is 7.05 Å². The second kappa shape index (κ2) is 4.89. The largest absolute Gasteiger partial charge is 0.463 e. The van der Waals surface area contributed by atoms with E-state index in [-0.39, 0.29) is 12.1 Å². The summed E-state index contributed by atoms with van der Waals surface area (Å²) < 4.78 is 8.38. The van der Waals surface area contributed by atoms with Crippen molar-refractivity contribution < 1.29 is 4.42 Å². The molecule has 8 heteroatoms. The van der Waals surface area contributed by atoms with Crippen LogP contribution in [0.5, 0.6) is 0 Å². The number of aromatic nitrogens is 5. The summed E-state index contributed by atoms with van der Waals surface area (Å²) in [6.45, 7) is 0.891. The molecule has 3 aromatic rings. The van der Waals surface area contributed by atoms with Crippen LogP contribution in [0, 0.1) is 0 Å². The van der Waals surface area contributed by atoms with Crippen LogP contribution in [-0.2, 0) is 20.1 Å². The third-order valence-electron chi connectivity index (χ3n) is 2.99. The summed E-state index contributed by atoms with van der Waals surface area (Å²) in [5, 5.41) is 15.4. The van der Waals surface area contributed by atoms with E-state index in [1.807, 2.05) is 19.2 Å². The highest BCUT2D eigenvalue weighted by Gasteiger charge is 2.11. The van der Waals surface area contributed by atoms with Crippen molar-refractivity contribution in [3.63, 3.8) is 0 Å². The molecule has 1 N–H and O–H groups in total. The third kappa shape index (κ3) is 2.10. The molecule has 20 heavy (non-hydrogen) atoms. The lowest BCUT2D eigenvalue weighted by Gasteiger charge is -2.01. The molecule has 0 spiro atoms. The van der Waals surface area contributed by atoms with Gasteiger partial charge in [0.1, 0.15) is 23.5 Å². The molecule has 3 aromatic heterocycles. The second-order valence-corrected chi connectivity index (χ2v) is 4.46. The molecule has 0 aromatic carbocycles. The van der Waals surface area contributed by atoms with Gasteiger partial charge in [-0.2, -0.15) is 5.10 Å². The minimum atomic E-state index is -0.227. The summed E-state index contributed by atoms with van der Waals surface area (Å²) in [5.74, 6) is 1.47. The standard InChI is InChI=1S/C12H14N6O2/c1-13-5-8-3-4-9(20-8)7-18-12(19)10-6-14-17(2)11(10)15-16-18/h3-4,6,13H,5,7H2,1-2H3. The van der Waals surface area contributed by atoms with E-state index in [4.69, 9.17) is 4.42 Å². The van der Waals surface area contributed by atoms with Gasteiger partial charge in [-0.05, 0) is 19.2 Å². The minimum absolute atomic E-state index is 0.227. The predicted octanol–water partition coefficient (Wildman–Crippen LogP) is -0.114. The topological polar surface area (TPSA) is 90.8 Å². The van der Waals surface area contributed by atoms with E-state index < -0.39 is 0 Å². The quantitative estimate of drug-likeness (QED) is 0.713. The van der Waals surface area contributed by atoms with Crippen LogP contribution in [0.15, 0.2) is 27.5 Å². The second-order valence-electron chi connectivity index (χ2n) is 4.46. The molecule has 0 amide bonds. The van der Waals surface area contributed by atoms with Gasteiger partial charge in [-0.15, -0.1) is 5.10 Å². The first-order chi connectivity index (χ1) is 9.69. The van der Waals surface area contributed by atoms with Crippen LogP contribution in [0.4, 0.5) is 0 Å². The van der Waals surface area contributed by atoms with Crippen LogP contribution < -0.4 is 10.9 Å². The fraction of sp³-hybridized carbons (Fsp3) is 0.333. The van der Waals surface area contributed by atoms with E-state index in [0.717, 1.165) is 5.76 Å². The number of furan rings is 1. The Bertz CT molecular complexity index is 800. The van der Waals surface area contributed by atoms with Gasteiger partial charge in [0.25, 0.3) is 5.56 Å². The van der Waals surface area contributed by atoms with Crippen LogP contribution in [-0.4, -0.2) is 31.8 Å². The predicted molar refractivity (Wildman–Crippen MR) is 71.1 cm³/mol. The molecule has 0 aliphatic rings. The van der Waals surface area contributed by atoms with Gasteiger partial charge in [-0.25, -0.2) is 9.36 Å². The molecule has 0 radical (unpaired) electrons. The van der Waals surface area contributed by atoms with Crippen molar-refractivity contribution in [2.75, 3.05) is 7.05 Å². The van der Waals surface area contributed by atoms with E-state index in [1.54, 1.807) is 7.05 Å². The Morgan fingerprint density at radius 1 is 1.35 bits per heavy atom. The number of hydrogen-bond donors (Lipinski definition) is 1. The van der Waals surface area contributed by atoms with Crippen LogP contribution in [0.25, 0.3) is 11.0 Å². The first kappa shape index (κ1) is 12.5. The Balaban J connectivity index is 1.94. The van der Waals surface area contributed by atoms with Gasteiger partial charge in [0.2, 0.25) is 0 Å². The van der Waals surface area contributed by atoms with Crippen LogP contribution >= 0.6 is 0 Å². The zero-order valence-electron chi connectivity index (χ0n) is 11.2. The fourth-order valence-electron chi connectivity index (χ4n) is 2.00. The summed E-state index contributed by atoms with van der Waals surface area (Å²) in [5.41, 5.74) is 0.247. The van der Waals surface area contributed by atoms with Crippen molar-refractivity contribution in [2.24, 2.45) is 7.05 Å². The molecule has 0 saturated heterocycles. The van der Waals surface area contributed by atoms with E-state index in [0.29, 0.717) is 23.3 Å². The van der Waals surface area contributed by atoms with E-state index in [1.165, 1.54) is 15.6 Å². The zero-order valence-corrected chi connectivity index (χ0v) is 11.2. The molecule has 0 unspecified atom stereocenters. The van der Waals surface area contributed by atoms with E-state index in [9.17, 15) is 4.79 Å². The average molecular weight is 274 g/mol. The van der Waals surface area contributed by atoms with Gasteiger partial charge in [-0.3, -0.25) is 4.79 Å². The van der Waals surface area contributed by atoms with Crippen molar-refractivity contribution >= 4 is 11.0 Å². The Hall–Kier alpha value is -2.48. The Labute approximate surface area is 114 Å². The SMILES string of the molecule is CNCc1ccc(Cn2nnc3c(cnn3C)c2=O)o1. The monoisotopic (exact) mass is 274 g/mol. The molecular weight excluding hydrogens is 260 g/mol. The van der Waals surface area contributed by atoms with E-state index >= 15 is 0 Å². The van der Waals surface area contributed by atoms with Crippen molar-refractivity contribution in [3.05, 3.63) is 40.2 Å². The van der Waals surface area contributed by atoms with Crippen molar-refractivity contribution in [1.29, 1.82) is 0 Å². The van der Waals surface area contributed by atoms with Crippen LogP contribution in [0.3, 0.4) is 0 Å². The number of nitrogens with one attached hydrogen (secondary N) is 1. The van der Waals surface area contributed by atoms with Gasteiger partial charge < -0.3 is 9.73 Å². The molecule has 8 nitrogen and oxygen atoms in total. The smallest absolute Gasteiger partial charge is 0.281 e. The zero-order chi connectivity index (χ0) is 14.1. The highest BCUT2D eigenvalue weighted by atomic mass is 16.3. The fourth-order valence-corrected chi connectivity index (χ4v) is 2.00. The van der Waals surface area contributed by atoms with Crippen LogP contribution in [0.1, 0.15) is 11.5 Å². The first-order valence-corrected chi connectivity index (χ1v) is 6.16. The van der Waals surface area contributed by atoms with Crippen molar-refractivity contribution in [3.8, 4) is 0 Å². The maximum Gasteiger partial charge on any atom is 0.281 e. The van der Waals surface area contributed by atoms with E-state index in [2.05, 4.69) is 20.7 Å². The lowest BCUT2D eigenvalue weighted by atomic mass is 10.4. The summed E-state index contributed by atoms with van der Waals surface area (Å²) in [6, 6.07) is 3.70. The number of hydrogen-bond acceptors (Lipinski definition) is 6.